The van der Waals surface area contributed by atoms with Crippen molar-refractivity contribution in [2.24, 2.45) is 0 Å². The predicted octanol–water partition coefficient (Wildman–Crippen LogP) is 1.95. The van der Waals surface area contributed by atoms with Gasteiger partial charge in [0.05, 0.1) is 45.2 Å². The molecule has 1 N–H and O–H groups in total. The van der Waals surface area contributed by atoms with E-state index in [1.165, 1.54) is 11.8 Å². The predicted molar refractivity (Wildman–Crippen MR) is 114 cm³/mol. The number of nitrogens with one attached hydrogen (secondary N) is 1. The van der Waals surface area contributed by atoms with Gasteiger partial charge in [0.1, 0.15) is 5.75 Å². The average molecular weight is 416 g/mol. The maximum Gasteiger partial charge on any atom is 0.303 e. The molecule has 0 fully saturated rings. The molecule has 29 heavy (non-hydrogen) atoms. The van der Waals surface area contributed by atoms with E-state index < -0.39 is 12.1 Å². The number of para-hydroxylation sites is 1. The van der Waals surface area contributed by atoms with E-state index in [-0.39, 0.29) is 11.2 Å². The van der Waals surface area contributed by atoms with Crippen molar-refractivity contribution in [3.05, 3.63) is 54.1 Å². The minimum absolute atomic E-state index is 0.195. The van der Waals surface area contributed by atoms with Gasteiger partial charge in [-0.15, -0.1) is 11.8 Å². The number of amides is 1. The maximum absolute atomic E-state index is 13.6. The summed E-state index contributed by atoms with van der Waals surface area (Å²) in [7, 11) is 5.71. The summed E-state index contributed by atoms with van der Waals surface area (Å²) in [5.41, 5.74) is 1.77. The van der Waals surface area contributed by atoms with Crippen LogP contribution in [-0.2, 0) is 14.3 Å². The van der Waals surface area contributed by atoms with Crippen LogP contribution in [0.15, 0.2) is 53.4 Å². The van der Waals surface area contributed by atoms with Crippen molar-refractivity contribution in [2.75, 3.05) is 39.2 Å². The van der Waals surface area contributed by atoms with Gasteiger partial charge in [-0.25, -0.2) is 0 Å². The number of hydrogen-bond donors (Lipinski definition) is 1. The van der Waals surface area contributed by atoms with E-state index in [1.54, 1.807) is 23.8 Å². The van der Waals surface area contributed by atoms with Gasteiger partial charge in [0, 0.05) is 11.8 Å². The standard InChI is InChI=1S/C22H26N2O4S/c1-15(25)28-20-21(16-9-11-17(27-4)12-10-16)29-19-8-6-5-7-18(19)24(22(20)26)14-13-23(2)3/h5-12,20-21H,13-14H2,1-4H3/p+1/t20-,21-/m0/s1. The molecule has 6 nitrogen and oxygen atoms in total. The van der Waals surface area contributed by atoms with Crippen molar-refractivity contribution in [1.82, 2.24) is 0 Å². The Labute approximate surface area is 175 Å². The zero-order chi connectivity index (χ0) is 21.0. The number of esters is 1. The van der Waals surface area contributed by atoms with Gasteiger partial charge >= 0.3 is 5.97 Å². The molecule has 0 aliphatic carbocycles. The molecule has 0 spiro atoms. The minimum atomic E-state index is -0.907. The third-order valence-electron chi connectivity index (χ3n) is 4.77. The Morgan fingerprint density at radius 2 is 1.83 bits per heavy atom. The highest BCUT2D eigenvalue weighted by atomic mass is 32.2. The fourth-order valence-electron chi connectivity index (χ4n) is 3.27. The summed E-state index contributed by atoms with van der Waals surface area (Å²) >= 11 is 1.55. The highest BCUT2D eigenvalue weighted by Crippen LogP contribution is 2.46. The summed E-state index contributed by atoms with van der Waals surface area (Å²) in [6.45, 7) is 2.67. The van der Waals surface area contributed by atoms with Crippen molar-refractivity contribution in [2.45, 2.75) is 23.2 Å². The molecule has 0 saturated carbocycles. The van der Waals surface area contributed by atoms with Gasteiger partial charge in [0.15, 0.2) is 6.10 Å². The zero-order valence-corrected chi connectivity index (χ0v) is 18.0. The molecule has 1 aliphatic rings. The molecule has 1 heterocycles. The van der Waals surface area contributed by atoms with Crippen molar-refractivity contribution in [1.29, 1.82) is 0 Å². The Kier molecular flexibility index (Phi) is 6.82. The summed E-state index contributed by atoms with van der Waals surface area (Å²) < 4.78 is 10.8. The van der Waals surface area contributed by atoms with E-state index in [4.69, 9.17) is 9.47 Å². The molecule has 2 atom stereocenters. The molecule has 0 saturated heterocycles. The lowest BCUT2D eigenvalue weighted by molar-refractivity contribution is -0.856. The second-order valence-corrected chi connectivity index (χ2v) is 8.44. The van der Waals surface area contributed by atoms with Crippen molar-refractivity contribution in [3.8, 4) is 5.75 Å². The van der Waals surface area contributed by atoms with Crippen LogP contribution >= 0.6 is 11.8 Å². The van der Waals surface area contributed by atoms with Crippen LogP contribution in [0.2, 0.25) is 0 Å². The Morgan fingerprint density at radius 3 is 2.45 bits per heavy atom. The fourth-order valence-corrected chi connectivity index (χ4v) is 4.59. The number of quaternary nitrogens is 1. The largest absolute Gasteiger partial charge is 0.497 e. The SMILES string of the molecule is COc1ccc([C@@H]2Sc3ccccc3N(CC[NH+](C)C)C(=O)[C@H]2OC(C)=O)cc1. The van der Waals surface area contributed by atoms with Crippen LogP contribution in [0.3, 0.4) is 0 Å². The van der Waals surface area contributed by atoms with Gasteiger partial charge in [-0.1, -0.05) is 24.3 Å². The zero-order valence-electron chi connectivity index (χ0n) is 17.2. The molecule has 154 valence electrons. The smallest absolute Gasteiger partial charge is 0.303 e. The number of hydrogen-bond acceptors (Lipinski definition) is 5. The fraction of sp³-hybridized carbons (Fsp3) is 0.364. The first-order valence-corrected chi connectivity index (χ1v) is 10.5. The number of methoxy groups -OCH3 is 1. The Balaban J connectivity index is 2.06. The van der Waals surface area contributed by atoms with Crippen LogP contribution in [-0.4, -0.2) is 52.3 Å². The molecular formula is C22H27N2O4S+. The lowest BCUT2D eigenvalue weighted by Gasteiger charge is -2.27. The number of fused-ring (bicyclic) bond motifs is 1. The Morgan fingerprint density at radius 1 is 1.14 bits per heavy atom. The van der Waals surface area contributed by atoms with E-state index in [0.717, 1.165) is 28.4 Å². The van der Waals surface area contributed by atoms with Crippen LogP contribution < -0.4 is 14.5 Å². The van der Waals surface area contributed by atoms with Crippen LogP contribution in [0, 0.1) is 0 Å². The molecule has 0 unspecified atom stereocenters. The number of likely N-dealkylation sites (N-methyl/N-ethyl adjacent to an activating group) is 1. The molecule has 2 aromatic carbocycles. The summed E-state index contributed by atoms with van der Waals surface area (Å²) in [5.74, 6) is 0.0741. The number of thioether (sulfide) groups is 1. The number of anilines is 1. The van der Waals surface area contributed by atoms with Gasteiger partial charge in [-0.2, -0.15) is 0 Å². The van der Waals surface area contributed by atoms with Crippen molar-refractivity contribution < 1.29 is 24.0 Å². The third-order valence-corrected chi connectivity index (χ3v) is 6.14. The molecule has 1 aliphatic heterocycles. The summed E-state index contributed by atoms with van der Waals surface area (Å²) in [5, 5.41) is -0.352. The summed E-state index contributed by atoms with van der Waals surface area (Å²) in [4.78, 5) is 29.4. The average Bonchev–Trinajstić information content (AvgIpc) is 2.81. The number of nitrogens with zero attached hydrogens (tertiary/aromatic N) is 1. The second kappa shape index (κ2) is 9.33. The lowest BCUT2D eigenvalue weighted by atomic mass is 10.1. The number of rotatable bonds is 6. The molecule has 0 aromatic heterocycles. The first-order chi connectivity index (χ1) is 13.9. The minimum Gasteiger partial charge on any atom is -0.497 e. The molecule has 7 heteroatoms. The first-order valence-electron chi connectivity index (χ1n) is 9.58. The Bertz CT molecular complexity index is 869. The van der Waals surface area contributed by atoms with Crippen LogP contribution in [0.25, 0.3) is 0 Å². The lowest BCUT2D eigenvalue weighted by Crippen LogP contribution is -3.06. The number of carbonyl (C=O) groups is 2. The second-order valence-electron chi connectivity index (χ2n) is 7.26. The van der Waals surface area contributed by atoms with Crippen LogP contribution in [0.1, 0.15) is 17.7 Å². The molecule has 1 amide bonds. The number of carbonyl (C=O) groups excluding carboxylic acids is 2. The summed E-state index contributed by atoms with van der Waals surface area (Å²) in [6.07, 6.45) is -0.907. The van der Waals surface area contributed by atoms with E-state index in [0.29, 0.717) is 6.54 Å². The molecular weight excluding hydrogens is 388 g/mol. The van der Waals surface area contributed by atoms with Crippen molar-refractivity contribution in [3.63, 3.8) is 0 Å². The first kappa shape index (κ1) is 21.2. The Hall–Kier alpha value is -2.51. The summed E-state index contributed by atoms with van der Waals surface area (Å²) in [6, 6.07) is 15.4. The molecule has 2 aromatic rings. The monoisotopic (exact) mass is 415 g/mol. The maximum atomic E-state index is 13.6. The number of ether oxygens (including phenoxy) is 2. The van der Waals surface area contributed by atoms with Crippen molar-refractivity contribution >= 4 is 29.3 Å². The van der Waals surface area contributed by atoms with Gasteiger partial charge < -0.3 is 19.3 Å². The van der Waals surface area contributed by atoms with Gasteiger partial charge in [-0.3, -0.25) is 9.59 Å². The van der Waals surface area contributed by atoms with Crippen LogP contribution in [0.4, 0.5) is 5.69 Å². The molecule has 0 bridgehead atoms. The normalized spacial score (nSPS) is 18.9. The molecule has 0 radical (unpaired) electrons. The highest BCUT2D eigenvalue weighted by Gasteiger charge is 2.40. The van der Waals surface area contributed by atoms with Gasteiger partial charge in [-0.05, 0) is 29.8 Å². The van der Waals surface area contributed by atoms with E-state index >= 15 is 0 Å². The number of benzene rings is 2. The van der Waals surface area contributed by atoms with Gasteiger partial charge in [0.2, 0.25) is 0 Å². The molecule has 3 rings (SSSR count). The van der Waals surface area contributed by atoms with Crippen LogP contribution in [0.5, 0.6) is 5.75 Å². The van der Waals surface area contributed by atoms with E-state index in [2.05, 4.69) is 0 Å². The van der Waals surface area contributed by atoms with Gasteiger partial charge in [0.25, 0.3) is 5.91 Å². The quantitative estimate of drug-likeness (QED) is 0.731. The highest BCUT2D eigenvalue weighted by molar-refractivity contribution is 7.99. The van der Waals surface area contributed by atoms with E-state index in [9.17, 15) is 9.59 Å². The third kappa shape index (κ3) is 4.92. The topological polar surface area (TPSA) is 60.3 Å². The van der Waals surface area contributed by atoms with E-state index in [1.807, 2.05) is 62.6 Å².